The van der Waals surface area contributed by atoms with Gasteiger partial charge in [-0.3, -0.25) is 4.79 Å². The number of aryl methyl sites for hydroxylation is 1. The van der Waals surface area contributed by atoms with Crippen molar-refractivity contribution < 1.29 is 14.6 Å². The predicted molar refractivity (Wildman–Crippen MR) is 93.2 cm³/mol. The van der Waals surface area contributed by atoms with Crippen LogP contribution in [0.2, 0.25) is 0 Å². The molecule has 0 saturated heterocycles. The quantitative estimate of drug-likeness (QED) is 0.758. The van der Waals surface area contributed by atoms with Crippen LogP contribution in [0.1, 0.15) is 22.0 Å². The van der Waals surface area contributed by atoms with Gasteiger partial charge in [0.05, 0.1) is 13.2 Å². The first-order valence-electron chi connectivity index (χ1n) is 7.74. The fraction of sp³-hybridized carbons (Fsp3) is 0.211. The maximum absolute atomic E-state index is 12.1. The highest BCUT2D eigenvalue weighted by atomic mass is 16.5. The van der Waals surface area contributed by atoms with Gasteiger partial charge in [-0.1, -0.05) is 6.07 Å². The molecule has 0 saturated carbocycles. The van der Waals surface area contributed by atoms with Crippen LogP contribution in [-0.2, 0) is 7.05 Å². The van der Waals surface area contributed by atoms with E-state index in [0.717, 1.165) is 16.5 Å². The van der Waals surface area contributed by atoms with E-state index in [4.69, 9.17) is 4.74 Å². The van der Waals surface area contributed by atoms with Gasteiger partial charge in [-0.05, 0) is 53.4 Å². The predicted octanol–water partition coefficient (Wildman–Crippen LogP) is 2.65. The molecule has 24 heavy (non-hydrogen) atoms. The zero-order valence-corrected chi connectivity index (χ0v) is 13.7. The van der Waals surface area contributed by atoms with E-state index in [2.05, 4.69) is 5.32 Å². The molecule has 1 unspecified atom stereocenters. The number of nitrogens with one attached hydrogen (secondary N) is 1. The molecule has 0 radical (unpaired) electrons. The second-order valence-corrected chi connectivity index (χ2v) is 5.70. The Morgan fingerprint density at radius 2 is 1.96 bits per heavy atom. The molecule has 3 rings (SSSR count). The molecule has 1 aromatic heterocycles. The van der Waals surface area contributed by atoms with Gasteiger partial charge < -0.3 is 19.7 Å². The Morgan fingerprint density at radius 1 is 1.21 bits per heavy atom. The van der Waals surface area contributed by atoms with Crippen molar-refractivity contribution in [2.45, 2.75) is 6.10 Å². The molecular weight excluding hydrogens is 304 g/mol. The van der Waals surface area contributed by atoms with Crippen molar-refractivity contribution in [2.75, 3.05) is 13.7 Å². The maximum atomic E-state index is 12.1. The monoisotopic (exact) mass is 324 g/mol. The molecule has 0 aliphatic carbocycles. The lowest BCUT2D eigenvalue weighted by molar-refractivity contribution is 0.0916. The molecule has 124 valence electrons. The van der Waals surface area contributed by atoms with E-state index >= 15 is 0 Å². The van der Waals surface area contributed by atoms with Crippen molar-refractivity contribution in [1.82, 2.24) is 9.88 Å². The second kappa shape index (κ2) is 6.76. The smallest absolute Gasteiger partial charge is 0.251 e. The summed E-state index contributed by atoms with van der Waals surface area (Å²) in [5.41, 5.74) is 2.42. The van der Waals surface area contributed by atoms with Gasteiger partial charge in [-0.2, -0.15) is 0 Å². The number of fused-ring (bicyclic) bond motifs is 1. The SMILES string of the molecule is COc1ccc(C(=O)NCC(O)c2ccc3c(ccn3C)c2)cc1. The van der Waals surface area contributed by atoms with E-state index in [1.807, 2.05) is 42.1 Å². The Labute approximate surface area is 140 Å². The number of aromatic nitrogens is 1. The summed E-state index contributed by atoms with van der Waals surface area (Å²) in [6.07, 6.45) is 1.23. The number of nitrogens with zero attached hydrogens (tertiary/aromatic N) is 1. The number of ether oxygens (including phenoxy) is 1. The molecule has 5 heteroatoms. The van der Waals surface area contributed by atoms with E-state index in [1.165, 1.54) is 0 Å². The van der Waals surface area contributed by atoms with E-state index in [9.17, 15) is 9.90 Å². The van der Waals surface area contributed by atoms with Gasteiger partial charge in [0.15, 0.2) is 0 Å². The largest absolute Gasteiger partial charge is 0.497 e. The lowest BCUT2D eigenvalue weighted by Crippen LogP contribution is -2.28. The van der Waals surface area contributed by atoms with Gasteiger partial charge in [-0.25, -0.2) is 0 Å². The fourth-order valence-electron chi connectivity index (χ4n) is 2.66. The van der Waals surface area contributed by atoms with Gasteiger partial charge >= 0.3 is 0 Å². The number of amides is 1. The van der Waals surface area contributed by atoms with Crippen molar-refractivity contribution in [3.8, 4) is 5.75 Å². The molecule has 5 nitrogen and oxygen atoms in total. The highest BCUT2D eigenvalue weighted by molar-refractivity contribution is 5.94. The average molecular weight is 324 g/mol. The molecule has 0 spiro atoms. The number of methoxy groups -OCH3 is 1. The number of rotatable bonds is 5. The summed E-state index contributed by atoms with van der Waals surface area (Å²) >= 11 is 0. The summed E-state index contributed by atoms with van der Waals surface area (Å²) in [7, 11) is 3.56. The van der Waals surface area contributed by atoms with Gasteiger partial charge in [0.25, 0.3) is 5.91 Å². The molecule has 1 heterocycles. The summed E-state index contributed by atoms with van der Waals surface area (Å²) in [6, 6.07) is 14.6. The van der Waals surface area contributed by atoms with Gasteiger partial charge in [0.2, 0.25) is 0 Å². The molecular formula is C19H20N2O3. The van der Waals surface area contributed by atoms with Gasteiger partial charge in [0, 0.05) is 30.9 Å². The van der Waals surface area contributed by atoms with Crippen molar-refractivity contribution in [3.05, 3.63) is 65.9 Å². The number of carbonyl (C=O) groups excluding carboxylic acids is 1. The van der Waals surface area contributed by atoms with Crippen molar-refractivity contribution in [3.63, 3.8) is 0 Å². The third kappa shape index (κ3) is 3.26. The van der Waals surface area contributed by atoms with Crippen molar-refractivity contribution in [2.24, 2.45) is 7.05 Å². The number of carbonyl (C=O) groups is 1. The number of hydrogen-bond acceptors (Lipinski definition) is 3. The first-order valence-corrected chi connectivity index (χ1v) is 7.74. The van der Waals surface area contributed by atoms with E-state index in [-0.39, 0.29) is 12.5 Å². The summed E-state index contributed by atoms with van der Waals surface area (Å²) in [5, 5.41) is 14.1. The van der Waals surface area contributed by atoms with Crippen LogP contribution in [0.15, 0.2) is 54.7 Å². The van der Waals surface area contributed by atoms with Crippen LogP contribution < -0.4 is 10.1 Å². The summed E-state index contributed by atoms with van der Waals surface area (Å²) in [5.74, 6) is 0.472. The first-order chi connectivity index (χ1) is 11.6. The summed E-state index contributed by atoms with van der Waals surface area (Å²) < 4.78 is 7.09. The Morgan fingerprint density at radius 3 is 2.67 bits per heavy atom. The second-order valence-electron chi connectivity index (χ2n) is 5.70. The molecule has 2 aromatic carbocycles. The highest BCUT2D eigenvalue weighted by Gasteiger charge is 2.12. The molecule has 3 aromatic rings. The zero-order valence-electron chi connectivity index (χ0n) is 13.7. The lowest BCUT2D eigenvalue weighted by atomic mass is 10.1. The molecule has 1 atom stereocenters. The highest BCUT2D eigenvalue weighted by Crippen LogP contribution is 2.21. The lowest BCUT2D eigenvalue weighted by Gasteiger charge is -2.13. The van der Waals surface area contributed by atoms with Crippen LogP contribution in [0.4, 0.5) is 0 Å². The number of aliphatic hydroxyl groups is 1. The molecule has 0 bridgehead atoms. The zero-order chi connectivity index (χ0) is 17.1. The molecule has 0 aliphatic rings. The normalized spacial score (nSPS) is 12.1. The van der Waals surface area contributed by atoms with Crippen LogP contribution in [0.25, 0.3) is 10.9 Å². The summed E-state index contributed by atoms with van der Waals surface area (Å²) in [4.78, 5) is 12.1. The Bertz CT molecular complexity index is 853. The Hall–Kier alpha value is -2.79. The van der Waals surface area contributed by atoms with Crippen molar-refractivity contribution in [1.29, 1.82) is 0 Å². The molecule has 0 fully saturated rings. The van der Waals surface area contributed by atoms with Crippen LogP contribution in [-0.4, -0.2) is 29.2 Å². The minimum atomic E-state index is -0.753. The van der Waals surface area contributed by atoms with Crippen LogP contribution in [0.5, 0.6) is 5.75 Å². The minimum absolute atomic E-state index is 0.156. The topological polar surface area (TPSA) is 63.5 Å². The minimum Gasteiger partial charge on any atom is -0.497 e. The van der Waals surface area contributed by atoms with Crippen LogP contribution in [0, 0.1) is 0 Å². The Kier molecular flexibility index (Phi) is 4.53. The number of hydrogen-bond donors (Lipinski definition) is 2. The first kappa shape index (κ1) is 16.1. The number of aliphatic hydroxyl groups excluding tert-OH is 1. The van der Waals surface area contributed by atoms with E-state index in [0.29, 0.717) is 11.3 Å². The fourth-order valence-corrected chi connectivity index (χ4v) is 2.66. The van der Waals surface area contributed by atoms with Crippen LogP contribution >= 0.6 is 0 Å². The maximum Gasteiger partial charge on any atom is 0.251 e. The third-order valence-corrected chi connectivity index (χ3v) is 4.10. The Balaban J connectivity index is 1.64. The molecule has 0 aliphatic heterocycles. The van der Waals surface area contributed by atoms with E-state index in [1.54, 1.807) is 31.4 Å². The molecule has 1 amide bonds. The van der Waals surface area contributed by atoms with Gasteiger partial charge in [-0.15, -0.1) is 0 Å². The number of benzene rings is 2. The third-order valence-electron chi connectivity index (χ3n) is 4.10. The van der Waals surface area contributed by atoms with E-state index < -0.39 is 6.10 Å². The standard InChI is InChI=1S/C19H20N2O3/c1-21-10-9-14-11-15(5-8-17(14)21)18(22)12-20-19(23)13-3-6-16(24-2)7-4-13/h3-11,18,22H,12H2,1-2H3,(H,20,23). The van der Waals surface area contributed by atoms with Crippen LogP contribution in [0.3, 0.4) is 0 Å². The van der Waals surface area contributed by atoms with Crippen molar-refractivity contribution >= 4 is 16.8 Å². The van der Waals surface area contributed by atoms with Gasteiger partial charge in [0.1, 0.15) is 5.75 Å². The molecule has 2 N–H and O–H groups in total. The average Bonchev–Trinajstić information content (AvgIpc) is 3.00. The summed E-state index contributed by atoms with van der Waals surface area (Å²) in [6.45, 7) is 0.156.